The summed E-state index contributed by atoms with van der Waals surface area (Å²) in [5, 5.41) is 0. The van der Waals surface area contributed by atoms with Crippen molar-refractivity contribution in [2.24, 2.45) is 0 Å². The average molecular weight is 234 g/mol. The molecule has 80 valence electrons. The van der Waals surface area contributed by atoms with Gasteiger partial charge in [0.2, 0.25) is 0 Å². The van der Waals surface area contributed by atoms with Crippen LogP contribution in [0.25, 0.3) is 0 Å². The number of hydrogen-bond acceptors (Lipinski definition) is 1. The van der Waals surface area contributed by atoms with E-state index < -0.39 is 0 Å². The molecule has 3 rings (SSSR count). The van der Waals surface area contributed by atoms with Crippen LogP contribution in [0.4, 0.5) is 8.78 Å². The lowest BCUT2D eigenvalue weighted by Crippen LogP contribution is -2.00. The Bertz CT molecular complexity index is 514. The molecule has 0 atom stereocenters. The molecule has 2 aromatic carbocycles. The van der Waals surface area contributed by atoms with E-state index in [1.807, 2.05) is 0 Å². The molecule has 0 fully saturated rings. The van der Waals surface area contributed by atoms with Crippen LogP contribution < -0.4 is 0 Å². The van der Waals surface area contributed by atoms with E-state index in [0.29, 0.717) is 6.42 Å². The molecule has 0 aromatic heterocycles. The van der Waals surface area contributed by atoms with Crippen molar-refractivity contribution in [2.75, 3.05) is 0 Å². The summed E-state index contributed by atoms with van der Waals surface area (Å²) in [7, 11) is 0. The van der Waals surface area contributed by atoms with Crippen LogP contribution in [0.2, 0.25) is 0 Å². The van der Waals surface area contributed by atoms with Crippen molar-refractivity contribution in [3.63, 3.8) is 0 Å². The molecule has 0 N–H and O–H groups in total. The van der Waals surface area contributed by atoms with Crippen LogP contribution in [0.3, 0.4) is 0 Å². The quantitative estimate of drug-likeness (QED) is 0.566. The van der Waals surface area contributed by atoms with Crippen LogP contribution in [0.5, 0.6) is 0 Å². The molecular weight excluding hydrogens is 226 g/mol. The Morgan fingerprint density at radius 2 is 1.31 bits per heavy atom. The van der Waals surface area contributed by atoms with Gasteiger partial charge in [0.15, 0.2) is 0 Å². The van der Waals surface area contributed by atoms with E-state index in [1.165, 1.54) is 24.3 Å². The molecule has 0 saturated heterocycles. The SMILES string of the molecule is Fc1ccc2c(c1)Cc1cc(F)ccc1S2. The second-order valence-electron chi connectivity index (χ2n) is 3.78. The van der Waals surface area contributed by atoms with E-state index in [4.69, 9.17) is 0 Å². The zero-order valence-electron chi connectivity index (χ0n) is 8.34. The maximum Gasteiger partial charge on any atom is 0.123 e. The molecule has 1 heterocycles. The monoisotopic (exact) mass is 234 g/mol. The molecule has 0 amide bonds. The lowest BCUT2D eigenvalue weighted by Gasteiger charge is -2.18. The van der Waals surface area contributed by atoms with Crippen LogP contribution >= 0.6 is 11.8 Å². The van der Waals surface area contributed by atoms with Crippen molar-refractivity contribution in [1.82, 2.24) is 0 Å². The smallest absolute Gasteiger partial charge is 0.123 e. The summed E-state index contributed by atoms with van der Waals surface area (Å²) in [6, 6.07) is 9.52. The highest BCUT2D eigenvalue weighted by Gasteiger charge is 2.16. The average Bonchev–Trinajstić information content (AvgIpc) is 2.26. The van der Waals surface area contributed by atoms with Gasteiger partial charge in [0, 0.05) is 9.79 Å². The standard InChI is InChI=1S/C13H8F2S/c14-10-1-3-12-8(6-10)5-9-7-11(15)2-4-13(9)16-12/h1-4,6-7H,5H2. The summed E-state index contributed by atoms with van der Waals surface area (Å²) in [6.45, 7) is 0. The molecule has 16 heavy (non-hydrogen) atoms. The summed E-state index contributed by atoms with van der Waals surface area (Å²) in [5.74, 6) is -0.474. The third kappa shape index (κ3) is 1.61. The summed E-state index contributed by atoms with van der Waals surface area (Å²) in [6.07, 6.45) is 0.604. The van der Waals surface area contributed by atoms with Gasteiger partial charge in [-0.25, -0.2) is 8.78 Å². The highest BCUT2D eigenvalue weighted by Crippen LogP contribution is 2.39. The van der Waals surface area contributed by atoms with Crippen molar-refractivity contribution in [3.8, 4) is 0 Å². The van der Waals surface area contributed by atoms with E-state index in [9.17, 15) is 8.78 Å². The molecule has 1 aliphatic rings. The predicted octanol–water partition coefficient (Wildman–Crippen LogP) is 4.02. The number of hydrogen-bond donors (Lipinski definition) is 0. The van der Waals surface area contributed by atoms with Gasteiger partial charge in [-0.15, -0.1) is 0 Å². The first-order chi connectivity index (χ1) is 7.72. The minimum atomic E-state index is -0.237. The van der Waals surface area contributed by atoms with Gasteiger partial charge in [0.1, 0.15) is 11.6 Å². The zero-order chi connectivity index (χ0) is 11.1. The normalized spacial score (nSPS) is 13.1. The molecule has 2 aromatic rings. The first-order valence-corrected chi connectivity index (χ1v) is 5.79. The van der Waals surface area contributed by atoms with E-state index in [-0.39, 0.29) is 11.6 Å². The van der Waals surface area contributed by atoms with Crippen molar-refractivity contribution < 1.29 is 8.78 Å². The van der Waals surface area contributed by atoms with E-state index in [2.05, 4.69) is 0 Å². The predicted molar refractivity (Wildman–Crippen MR) is 59.7 cm³/mol. The zero-order valence-corrected chi connectivity index (χ0v) is 9.15. The van der Waals surface area contributed by atoms with Gasteiger partial charge in [-0.05, 0) is 53.9 Å². The van der Waals surface area contributed by atoms with Gasteiger partial charge >= 0.3 is 0 Å². The molecule has 0 bridgehead atoms. The molecule has 1 aliphatic heterocycles. The number of halogens is 2. The van der Waals surface area contributed by atoms with Crippen LogP contribution in [-0.2, 0) is 6.42 Å². The minimum absolute atomic E-state index is 0.237. The molecule has 0 radical (unpaired) electrons. The van der Waals surface area contributed by atoms with Gasteiger partial charge in [0.25, 0.3) is 0 Å². The second-order valence-corrected chi connectivity index (χ2v) is 4.87. The molecule has 0 saturated carbocycles. The van der Waals surface area contributed by atoms with Crippen molar-refractivity contribution >= 4 is 11.8 Å². The summed E-state index contributed by atoms with van der Waals surface area (Å²) < 4.78 is 26.1. The topological polar surface area (TPSA) is 0 Å². The number of rotatable bonds is 0. The van der Waals surface area contributed by atoms with Gasteiger partial charge in [0.05, 0.1) is 0 Å². The second kappa shape index (κ2) is 3.59. The van der Waals surface area contributed by atoms with E-state index in [0.717, 1.165) is 20.9 Å². The molecule has 0 spiro atoms. The first-order valence-electron chi connectivity index (χ1n) is 4.97. The van der Waals surface area contributed by atoms with E-state index in [1.54, 1.807) is 23.9 Å². The maximum atomic E-state index is 13.1. The van der Waals surface area contributed by atoms with Gasteiger partial charge < -0.3 is 0 Å². The minimum Gasteiger partial charge on any atom is -0.207 e. The third-order valence-corrected chi connectivity index (χ3v) is 3.88. The number of benzene rings is 2. The molecule has 0 nitrogen and oxygen atoms in total. The molecular formula is C13H8F2S. The Morgan fingerprint density at radius 3 is 1.81 bits per heavy atom. The Kier molecular flexibility index (Phi) is 2.21. The molecule has 0 unspecified atom stereocenters. The lowest BCUT2D eigenvalue weighted by molar-refractivity contribution is 0.621. The van der Waals surface area contributed by atoms with Crippen LogP contribution in [0.15, 0.2) is 46.2 Å². The fourth-order valence-corrected chi connectivity index (χ4v) is 2.93. The van der Waals surface area contributed by atoms with Crippen molar-refractivity contribution in [2.45, 2.75) is 16.2 Å². The van der Waals surface area contributed by atoms with E-state index >= 15 is 0 Å². The van der Waals surface area contributed by atoms with Crippen molar-refractivity contribution in [3.05, 3.63) is 59.2 Å². The fourth-order valence-electron chi connectivity index (χ4n) is 1.90. The van der Waals surface area contributed by atoms with Crippen LogP contribution in [-0.4, -0.2) is 0 Å². The fraction of sp³-hybridized carbons (Fsp3) is 0.0769. The largest absolute Gasteiger partial charge is 0.207 e. The van der Waals surface area contributed by atoms with Gasteiger partial charge in [-0.2, -0.15) is 0 Å². The maximum absolute atomic E-state index is 13.1. The Labute approximate surface area is 96.3 Å². The molecule has 0 aliphatic carbocycles. The Morgan fingerprint density at radius 1 is 0.812 bits per heavy atom. The Hall–Kier alpha value is -1.35. The Balaban J connectivity index is 2.10. The van der Waals surface area contributed by atoms with Crippen LogP contribution in [0.1, 0.15) is 11.1 Å². The third-order valence-electron chi connectivity index (χ3n) is 2.65. The first kappa shape index (κ1) is 9.85. The van der Waals surface area contributed by atoms with Gasteiger partial charge in [-0.1, -0.05) is 11.8 Å². The van der Waals surface area contributed by atoms with Crippen LogP contribution in [0, 0.1) is 11.6 Å². The highest BCUT2D eigenvalue weighted by atomic mass is 32.2. The summed E-state index contributed by atoms with van der Waals surface area (Å²) >= 11 is 1.57. The lowest BCUT2D eigenvalue weighted by atomic mass is 10.0. The summed E-state index contributed by atoms with van der Waals surface area (Å²) in [4.78, 5) is 2.11. The number of fused-ring (bicyclic) bond motifs is 2. The molecule has 3 heteroatoms. The van der Waals surface area contributed by atoms with Crippen molar-refractivity contribution in [1.29, 1.82) is 0 Å². The summed E-state index contributed by atoms with van der Waals surface area (Å²) in [5.41, 5.74) is 1.87. The van der Waals surface area contributed by atoms with Gasteiger partial charge in [-0.3, -0.25) is 0 Å². The highest BCUT2D eigenvalue weighted by molar-refractivity contribution is 7.99.